The molecule has 0 bridgehead atoms. The van der Waals surface area contributed by atoms with Crippen LogP contribution in [0.4, 0.5) is 5.69 Å². The molecule has 0 atom stereocenters. The molecule has 2 rings (SSSR count). The molecule has 0 spiro atoms. The molecule has 0 amide bonds. The van der Waals surface area contributed by atoms with Gasteiger partial charge in [0.25, 0.3) is 0 Å². The van der Waals surface area contributed by atoms with Crippen LogP contribution in [0.3, 0.4) is 0 Å². The maximum Gasteiger partial charge on any atom is 0.106 e. The van der Waals surface area contributed by atoms with E-state index in [9.17, 15) is 0 Å². The highest BCUT2D eigenvalue weighted by Crippen LogP contribution is 2.28. The van der Waals surface area contributed by atoms with Crippen molar-refractivity contribution in [2.24, 2.45) is 5.73 Å². The first-order valence-corrected chi connectivity index (χ1v) is 8.09. The zero-order valence-electron chi connectivity index (χ0n) is 12.2. The topological polar surface area (TPSA) is 29.3 Å². The van der Waals surface area contributed by atoms with Gasteiger partial charge in [-0.1, -0.05) is 58.5 Å². The fourth-order valence-electron chi connectivity index (χ4n) is 2.28. The van der Waals surface area contributed by atoms with Crippen LogP contribution >= 0.6 is 28.1 Å². The molecule has 4 heteroatoms. The van der Waals surface area contributed by atoms with Crippen molar-refractivity contribution in [1.82, 2.24) is 0 Å². The highest BCUT2D eigenvalue weighted by Gasteiger charge is 2.16. The summed E-state index contributed by atoms with van der Waals surface area (Å²) in [4.78, 5) is 2.74. The zero-order chi connectivity index (χ0) is 15.4. The summed E-state index contributed by atoms with van der Waals surface area (Å²) < 4.78 is 1.02. The van der Waals surface area contributed by atoms with Crippen molar-refractivity contribution in [2.45, 2.75) is 26.4 Å². The number of nitrogens with zero attached hydrogens (tertiary/aromatic N) is 1. The van der Waals surface area contributed by atoms with Gasteiger partial charge in [-0.2, -0.15) is 0 Å². The van der Waals surface area contributed by atoms with Crippen molar-refractivity contribution < 1.29 is 0 Å². The van der Waals surface area contributed by atoms with Crippen LogP contribution in [-0.2, 0) is 6.54 Å². The van der Waals surface area contributed by atoms with Crippen LogP contribution in [0.1, 0.15) is 25.0 Å². The van der Waals surface area contributed by atoms with Gasteiger partial charge in [0.2, 0.25) is 0 Å². The lowest BCUT2D eigenvalue weighted by atomic mass is 10.1. The van der Waals surface area contributed by atoms with Crippen molar-refractivity contribution in [3.05, 3.63) is 64.1 Å². The summed E-state index contributed by atoms with van der Waals surface area (Å²) >= 11 is 8.74. The number of anilines is 1. The van der Waals surface area contributed by atoms with Crippen LogP contribution in [0, 0.1) is 0 Å². The standard InChI is InChI=1S/C17H19BrN2S/c1-12(2)20(11-13-6-4-3-5-7-13)16-10-14(18)8-9-15(16)17(19)21/h3-10,12H,11H2,1-2H3,(H2,19,21). The van der Waals surface area contributed by atoms with Crippen molar-refractivity contribution in [3.63, 3.8) is 0 Å². The minimum absolute atomic E-state index is 0.340. The molecular weight excluding hydrogens is 344 g/mol. The van der Waals surface area contributed by atoms with E-state index in [0.717, 1.165) is 22.3 Å². The average Bonchev–Trinajstić information content (AvgIpc) is 2.45. The van der Waals surface area contributed by atoms with Crippen LogP contribution in [0.15, 0.2) is 53.0 Å². The minimum Gasteiger partial charge on any atom is -0.389 e. The Hall–Kier alpha value is -1.39. The molecule has 0 radical (unpaired) electrons. The van der Waals surface area contributed by atoms with Gasteiger partial charge in [-0.05, 0) is 37.6 Å². The van der Waals surface area contributed by atoms with Gasteiger partial charge in [0, 0.05) is 28.3 Å². The van der Waals surface area contributed by atoms with Gasteiger partial charge in [0.05, 0.1) is 0 Å². The molecule has 0 saturated carbocycles. The van der Waals surface area contributed by atoms with Crippen LogP contribution in [0.25, 0.3) is 0 Å². The summed E-state index contributed by atoms with van der Waals surface area (Å²) in [6.45, 7) is 5.17. The molecule has 2 aromatic rings. The molecule has 2 aromatic carbocycles. The Bertz CT molecular complexity index is 626. The van der Waals surface area contributed by atoms with E-state index in [4.69, 9.17) is 18.0 Å². The summed E-state index contributed by atoms with van der Waals surface area (Å²) in [5, 5.41) is 0. The van der Waals surface area contributed by atoms with Crippen molar-refractivity contribution >= 4 is 38.8 Å². The SMILES string of the molecule is CC(C)N(Cc1ccccc1)c1cc(Br)ccc1C(N)=S. The second-order valence-corrected chi connectivity index (χ2v) is 6.59. The van der Waals surface area contributed by atoms with E-state index in [-0.39, 0.29) is 0 Å². The predicted octanol–water partition coefficient (Wildman–Crippen LogP) is 4.50. The van der Waals surface area contributed by atoms with E-state index >= 15 is 0 Å². The molecule has 0 saturated heterocycles. The highest BCUT2D eigenvalue weighted by atomic mass is 79.9. The largest absolute Gasteiger partial charge is 0.389 e. The lowest BCUT2D eigenvalue weighted by molar-refractivity contribution is 0.682. The second-order valence-electron chi connectivity index (χ2n) is 5.23. The van der Waals surface area contributed by atoms with Crippen LogP contribution in [0.2, 0.25) is 0 Å². The maximum absolute atomic E-state index is 5.89. The third-order valence-electron chi connectivity index (χ3n) is 3.35. The zero-order valence-corrected chi connectivity index (χ0v) is 14.6. The first-order chi connectivity index (χ1) is 9.99. The van der Waals surface area contributed by atoms with E-state index in [2.05, 4.69) is 65.0 Å². The molecular formula is C17H19BrN2S. The fourth-order valence-corrected chi connectivity index (χ4v) is 2.80. The number of thiocarbonyl (C=S) groups is 1. The molecule has 0 fully saturated rings. The summed E-state index contributed by atoms with van der Waals surface area (Å²) in [5.41, 5.74) is 9.13. The Kier molecular flexibility index (Phi) is 5.37. The van der Waals surface area contributed by atoms with Crippen molar-refractivity contribution in [2.75, 3.05) is 4.90 Å². The highest BCUT2D eigenvalue weighted by molar-refractivity contribution is 9.10. The second kappa shape index (κ2) is 7.05. The summed E-state index contributed by atoms with van der Waals surface area (Å²) in [5.74, 6) is 0. The molecule has 0 aliphatic carbocycles. The van der Waals surface area contributed by atoms with Gasteiger partial charge < -0.3 is 10.6 Å². The maximum atomic E-state index is 5.89. The molecule has 0 aliphatic rings. The number of hydrogen-bond donors (Lipinski definition) is 1. The van der Waals surface area contributed by atoms with Crippen molar-refractivity contribution in [1.29, 1.82) is 0 Å². The van der Waals surface area contributed by atoms with Gasteiger partial charge in [0.1, 0.15) is 4.99 Å². The molecule has 2 N–H and O–H groups in total. The molecule has 0 unspecified atom stereocenters. The lowest BCUT2D eigenvalue weighted by Crippen LogP contribution is -2.32. The number of nitrogens with two attached hydrogens (primary N) is 1. The molecule has 21 heavy (non-hydrogen) atoms. The quantitative estimate of drug-likeness (QED) is 0.794. The number of halogens is 1. The number of benzene rings is 2. The van der Waals surface area contributed by atoms with E-state index in [0.29, 0.717) is 11.0 Å². The van der Waals surface area contributed by atoms with E-state index in [1.165, 1.54) is 5.56 Å². The van der Waals surface area contributed by atoms with E-state index in [1.807, 2.05) is 18.2 Å². The van der Waals surface area contributed by atoms with Gasteiger partial charge in [-0.3, -0.25) is 0 Å². The summed E-state index contributed by atoms with van der Waals surface area (Å²) in [7, 11) is 0. The van der Waals surface area contributed by atoms with E-state index in [1.54, 1.807) is 0 Å². The minimum atomic E-state index is 0.340. The molecule has 0 aliphatic heterocycles. The average molecular weight is 363 g/mol. The Morgan fingerprint density at radius 2 is 1.86 bits per heavy atom. The monoisotopic (exact) mass is 362 g/mol. The third-order valence-corrected chi connectivity index (χ3v) is 4.07. The Balaban J connectivity index is 2.43. The molecule has 0 heterocycles. The normalized spacial score (nSPS) is 10.7. The smallest absolute Gasteiger partial charge is 0.106 e. The van der Waals surface area contributed by atoms with Crippen LogP contribution in [-0.4, -0.2) is 11.0 Å². The van der Waals surface area contributed by atoms with Gasteiger partial charge >= 0.3 is 0 Å². The lowest BCUT2D eigenvalue weighted by Gasteiger charge is -2.31. The molecule has 110 valence electrons. The predicted molar refractivity (Wildman–Crippen MR) is 97.8 cm³/mol. The summed E-state index contributed by atoms with van der Waals surface area (Å²) in [6, 6.07) is 16.8. The third kappa shape index (κ3) is 4.05. The van der Waals surface area contributed by atoms with E-state index < -0.39 is 0 Å². The Morgan fingerprint density at radius 1 is 1.19 bits per heavy atom. The molecule has 0 aromatic heterocycles. The number of rotatable bonds is 5. The first kappa shape index (κ1) is 16.0. The Morgan fingerprint density at radius 3 is 2.43 bits per heavy atom. The fraction of sp³-hybridized carbons (Fsp3) is 0.235. The van der Waals surface area contributed by atoms with Crippen LogP contribution in [0.5, 0.6) is 0 Å². The first-order valence-electron chi connectivity index (χ1n) is 6.89. The van der Waals surface area contributed by atoms with Gasteiger partial charge in [0.15, 0.2) is 0 Å². The summed E-state index contributed by atoms with van der Waals surface area (Å²) in [6.07, 6.45) is 0. The van der Waals surface area contributed by atoms with Crippen LogP contribution < -0.4 is 10.6 Å². The van der Waals surface area contributed by atoms with Gasteiger partial charge in [-0.15, -0.1) is 0 Å². The van der Waals surface area contributed by atoms with Gasteiger partial charge in [-0.25, -0.2) is 0 Å². The van der Waals surface area contributed by atoms with Crippen molar-refractivity contribution in [3.8, 4) is 0 Å². The Labute approximate surface area is 140 Å². The number of hydrogen-bond acceptors (Lipinski definition) is 2. The molecule has 2 nitrogen and oxygen atoms in total.